The number of thiophene rings is 1. The van der Waals surface area contributed by atoms with Gasteiger partial charge in [-0.25, -0.2) is 4.68 Å². The Morgan fingerprint density at radius 3 is 2.63 bits per heavy atom. The van der Waals surface area contributed by atoms with Crippen molar-refractivity contribution in [3.8, 4) is 5.69 Å². The van der Waals surface area contributed by atoms with Crippen LogP contribution in [0.25, 0.3) is 5.69 Å². The van der Waals surface area contributed by atoms with E-state index in [4.69, 9.17) is 16.4 Å². The van der Waals surface area contributed by atoms with Crippen LogP contribution in [0.15, 0.2) is 53.8 Å². The van der Waals surface area contributed by atoms with Crippen molar-refractivity contribution in [3.63, 3.8) is 0 Å². The highest BCUT2D eigenvalue weighted by Gasteiger charge is 2.33. The van der Waals surface area contributed by atoms with Gasteiger partial charge in [0.1, 0.15) is 5.71 Å². The van der Waals surface area contributed by atoms with Crippen LogP contribution >= 0.6 is 22.9 Å². The minimum atomic E-state index is -4.49. The number of hydrogen-bond acceptors (Lipinski definition) is 5. The van der Waals surface area contributed by atoms with Crippen LogP contribution in [0, 0.1) is 0 Å². The standard InChI is InChI=1S/C19H14ClF3N4O2S/c20-17-6-5-15(30-17)13-9-14(29-26-13)18(28)24-10-11-1-3-12(4-2-11)27-8-7-16(25-27)19(21,22)23/h1-8,14H,9-10H2,(H,24,28). The van der Waals surface area contributed by atoms with E-state index < -0.39 is 18.0 Å². The van der Waals surface area contributed by atoms with Crippen LogP contribution in [0.2, 0.25) is 4.34 Å². The van der Waals surface area contributed by atoms with Gasteiger partial charge in [0.2, 0.25) is 6.10 Å². The fraction of sp³-hybridized carbons (Fsp3) is 0.211. The normalized spacial score (nSPS) is 16.3. The Labute approximate surface area is 177 Å². The van der Waals surface area contributed by atoms with Gasteiger partial charge in [-0.3, -0.25) is 4.79 Å². The summed E-state index contributed by atoms with van der Waals surface area (Å²) in [4.78, 5) is 18.4. The number of amides is 1. The van der Waals surface area contributed by atoms with E-state index in [-0.39, 0.29) is 12.5 Å². The minimum Gasteiger partial charge on any atom is -0.382 e. The molecule has 1 aromatic carbocycles. The van der Waals surface area contributed by atoms with Crippen LogP contribution < -0.4 is 5.32 Å². The van der Waals surface area contributed by atoms with Crippen molar-refractivity contribution >= 4 is 34.6 Å². The molecule has 3 heterocycles. The molecule has 0 radical (unpaired) electrons. The highest BCUT2D eigenvalue weighted by Crippen LogP contribution is 2.28. The van der Waals surface area contributed by atoms with Gasteiger partial charge in [-0.2, -0.15) is 18.3 Å². The lowest BCUT2D eigenvalue weighted by atomic mass is 10.1. The number of aromatic nitrogens is 2. The average Bonchev–Trinajstić information content (AvgIpc) is 3.45. The summed E-state index contributed by atoms with van der Waals surface area (Å²) in [6.45, 7) is 0.242. The fourth-order valence-electron chi connectivity index (χ4n) is 2.82. The van der Waals surface area contributed by atoms with Crippen molar-refractivity contribution in [1.29, 1.82) is 0 Å². The van der Waals surface area contributed by atoms with Crippen LogP contribution in [0.1, 0.15) is 22.6 Å². The Kier molecular flexibility index (Phi) is 5.52. The zero-order valence-corrected chi connectivity index (χ0v) is 16.8. The lowest BCUT2D eigenvalue weighted by Gasteiger charge is -2.10. The summed E-state index contributed by atoms with van der Waals surface area (Å²) < 4.78 is 39.8. The zero-order valence-electron chi connectivity index (χ0n) is 15.2. The van der Waals surface area contributed by atoms with Gasteiger partial charge in [0.05, 0.1) is 14.9 Å². The van der Waals surface area contributed by atoms with Crippen LogP contribution in [-0.2, 0) is 22.4 Å². The quantitative estimate of drug-likeness (QED) is 0.620. The van der Waals surface area contributed by atoms with E-state index in [2.05, 4.69) is 15.6 Å². The van der Waals surface area contributed by atoms with Crippen molar-refractivity contribution in [2.24, 2.45) is 5.16 Å². The molecule has 1 aliphatic heterocycles. The molecule has 0 bridgehead atoms. The van der Waals surface area contributed by atoms with Crippen molar-refractivity contribution in [2.45, 2.75) is 25.2 Å². The molecule has 30 heavy (non-hydrogen) atoms. The van der Waals surface area contributed by atoms with Crippen molar-refractivity contribution in [3.05, 3.63) is 69.1 Å². The van der Waals surface area contributed by atoms with E-state index in [1.165, 1.54) is 17.5 Å². The Morgan fingerprint density at radius 2 is 2.00 bits per heavy atom. The molecule has 3 aromatic rings. The molecule has 1 amide bonds. The van der Waals surface area contributed by atoms with Gasteiger partial charge >= 0.3 is 6.18 Å². The molecule has 1 N–H and O–H groups in total. The van der Waals surface area contributed by atoms with Gasteiger partial charge in [0.25, 0.3) is 5.91 Å². The van der Waals surface area contributed by atoms with E-state index >= 15 is 0 Å². The predicted molar refractivity (Wildman–Crippen MR) is 106 cm³/mol. The first-order valence-electron chi connectivity index (χ1n) is 8.78. The Hall–Kier alpha value is -2.85. The van der Waals surface area contributed by atoms with E-state index in [9.17, 15) is 18.0 Å². The van der Waals surface area contributed by atoms with Crippen LogP contribution in [-0.4, -0.2) is 27.5 Å². The number of nitrogens with one attached hydrogen (secondary N) is 1. The molecule has 2 aromatic heterocycles. The highest BCUT2D eigenvalue weighted by atomic mass is 35.5. The first-order valence-corrected chi connectivity index (χ1v) is 9.97. The summed E-state index contributed by atoms with van der Waals surface area (Å²) in [6, 6.07) is 11.2. The lowest BCUT2D eigenvalue weighted by Crippen LogP contribution is -2.34. The molecule has 0 fully saturated rings. The van der Waals surface area contributed by atoms with Gasteiger partial charge in [-0.1, -0.05) is 28.9 Å². The highest BCUT2D eigenvalue weighted by molar-refractivity contribution is 7.18. The molecule has 1 unspecified atom stereocenters. The number of halogens is 4. The molecule has 6 nitrogen and oxygen atoms in total. The van der Waals surface area contributed by atoms with E-state index in [0.717, 1.165) is 21.2 Å². The van der Waals surface area contributed by atoms with Gasteiger partial charge in [0, 0.05) is 19.2 Å². The van der Waals surface area contributed by atoms with E-state index in [1.807, 2.05) is 6.07 Å². The molecule has 11 heteroatoms. The average molecular weight is 455 g/mol. The van der Waals surface area contributed by atoms with Crippen LogP contribution in [0.4, 0.5) is 13.2 Å². The molecule has 0 saturated heterocycles. The maximum absolute atomic E-state index is 12.7. The number of carbonyl (C=O) groups excluding carboxylic acids is 1. The summed E-state index contributed by atoms with van der Waals surface area (Å²) in [5.41, 5.74) is 0.975. The maximum atomic E-state index is 12.7. The number of alkyl halides is 3. The predicted octanol–water partition coefficient (Wildman–Crippen LogP) is 4.42. The first-order chi connectivity index (χ1) is 14.3. The summed E-state index contributed by atoms with van der Waals surface area (Å²) in [6.07, 6.45) is -3.61. The molecule has 1 aliphatic rings. The van der Waals surface area contributed by atoms with Crippen LogP contribution in [0.3, 0.4) is 0 Å². The first kappa shape index (κ1) is 20.4. The summed E-state index contributed by atoms with van der Waals surface area (Å²) in [5.74, 6) is -0.303. The maximum Gasteiger partial charge on any atom is 0.435 e. The van der Waals surface area contributed by atoms with Gasteiger partial charge in [-0.05, 0) is 35.9 Å². The second kappa shape index (κ2) is 8.11. The number of benzene rings is 1. The smallest absolute Gasteiger partial charge is 0.382 e. The second-order valence-electron chi connectivity index (χ2n) is 6.47. The largest absolute Gasteiger partial charge is 0.435 e. The third kappa shape index (κ3) is 4.49. The fourth-order valence-corrected chi connectivity index (χ4v) is 3.85. The monoisotopic (exact) mass is 454 g/mol. The zero-order chi connectivity index (χ0) is 21.3. The third-order valence-electron chi connectivity index (χ3n) is 4.37. The summed E-state index contributed by atoms with van der Waals surface area (Å²) in [5, 5.41) is 10.3. The second-order valence-corrected chi connectivity index (χ2v) is 8.18. The molecule has 0 saturated carbocycles. The number of hydrogen-bond donors (Lipinski definition) is 1. The van der Waals surface area contributed by atoms with Gasteiger partial charge in [0.15, 0.2) is 5.69 Å². The van der Waals surface area contributed by atoms with E-state index in [1.54, 1.807) is 30.3 Å². The number of carbonyl (C=O) groups is 1. The molecular weight excluding hydrogens is 441 g/mol. The van der Waals surface area contributed by atoms with Gasteiger partial charge in [-0.15, -0.1) is 11.3 Å². The SMILES string of the molecule is O=C(NCc1ccc(-n2ccc(C(F)(F)F)n2)cc1)C1CC(c2ccc(Cl)s2)=NO1. The Morgan fingerprint density at radius 1 is 1.23 bits per heavy atom. The van der Waals surface area contributed by atoms with Crippen molar-refractivity contribution < 1.29 is 22.8 Å². The molecule has 4 rings (SSSR count). The Bertz CT molecular complexity index is 1090. The topological polar surface area (TPSA) is 68.5 Å². The molecule has 0 spiro atoms. The Balaban J connectivity index is 1.31. The number of rotatable bonds is 5. The molecule has 0 aliphatic carbocycles. The lowest BCUT2D eigenvalue weighted by molar-refractivity contribution is -0.141. The minimum absolute atomic E-state index is 0.242. The third-order valence-corrected chi connectivity index (χ3v) is 5.65. The van der Waals surface area contributed by atoms with Crippen molar-refractivity contribution in [1.82, 2.24) is 15.1 Å². The molecule has 156 valence electrons. The summed E-state index contributed by atoms with van der Waals surface area (Å²) in [7, 11) is 0. The molecule has 1 atom stereocenters. The van der Waals surface area contributed by atoms with Gasteiger partial charge < -0.3 is 10.2 Å². The summed E-state index contributed by atoms with van der Waals surface area (Å²) >= 11 is 7.28. The number of oxime groups is 1. The number of nitrogens with zero attached hydrogens (tertiary/aromatic N) is 3. The van der Waals surface area contributed by atoms with Crippen LogP contribution in [0.5, 0.6) is 0 Å². The van der Waals surface area contributed by atoms with E-state index in [0.29, 0.717) is 22.2 Å². The molecular formula is C19H14ClF3N4O2S. The van der Waals surface area contributed by atoms with Crippen molar-refractivity contribution in [2.75, 3.05) is 0 Å².